The summed E-state index contributed by atoms with van der Waals surface area (Å²) in [6, 6.07) is 7.02. The second kappa shape index (κ2) is 6.29. The van der Waals surface area contributed by atoms with Crippen LogP contribution in [0.3, 0.4) is 0 Å². The van der Waals surface area contributed by atoms with Gasteiger partial charge in [0.1, 0.15) is 6.04 Å². The van der Waals surface area contributed by atoms with Crippen molar-refractivity contribution in [2.45, 2.75) is 46.2 Å². The average Bonchev–Trinajstić information content (AvgIpc) is 2.51. The van der Waals surface area contributed by atoms with Gasteiger partial charge in [-0.2, -0.15) is 0 Å². The highest BCUT2D eigenvalue weighted by atomic mass is 16.4. The Balaban J connectivity index is 2.28. The average molecular weight is 289 g/mol. The minimum atomic E-state index is -0.922. The molecule has 1 aromatic carbocycles. The van der Waals surface area contributed by atoms with E-state index in [9.17, 15) is 14.7 Å². The zero-order valence-electron chi connectivity index (χ0n) is 12.9. The molecule has 0 aromatic heterocycles. The van der Waals surface area contributed by atoms with Gasteiger partial charge in [-0.05, 0) is 17.0 Å². The van der Waals surface area contributed by atoms with E-state index in [1.807, 2.05) is 38.1 Å². The Hall–Kier alpha value is -1.84. The maximum absolute atomic E-state index is 12.7. The summed E-state index contributed by atoms with van der Waals surface area (Å²) < 4.78 is 0. The molecule has 0 saturated carbocycles. The first-order valence-electron chi connectivity index (χ1n) is 7.55. The second-order valence-corrected chi connectivity index (χ2v) is 5.97. The molecule has 1 heterocycles. The van der Waals surface area contributed by atoms with Gasteiger partial charge in [0.25, 0.3) is 0 Å². The van der Waals surface area contributed by atoms with Gasteiger partial charge in [0.15, 0.2) is 0 Å². The first-order valence-corrected chi connectivity index (χ1v) is 7.55. The Labute approximate surface area is 125 Å². The molecular formula is C17H23NO3. The smallest absolute Gasteiger partial charge is 0.326 e. The van der Waals surface area contributed by atoms with E-state index in [2.05, 4.69) is 6.92 Å². The molecule has 0 bridgehead atoms. The molecular weight excluding hydrogens is 266 g/mol. The molecule has 3 atom stereocenters. The number of carboxylic acid groups (broad SMARTS) is 1. The molecule has 21 heavy (non-hydrogen) atoms. The third kappa shape index (κ3) is 3.09. The highest BCUT2D eigenvalue weighted by Gasteiger charge is 2.36. The van der Waals surface area contributed by atoms with Crippen molar-refractivity contribution < 1.29 is 14.7 Å². The quantitative estimate of drug-likeness (QED) is 0.927. The van der Waals surface area contributed by atoms with Crippen molar-refractivity contribution in [3.63, 3.8) is 0 Å². The van der Waals surface area contributed by atoms with Crippen LogP contribution in [0.4, 0.5) is 0 Å². The van der Waals surface area contributed by atoms with Crippen LogP contribution >= 0.6 is 0 Å². The third-order valence-corrected chi connectivity index (χ3v) is 4.70. The topological polar surface area (TPSA) is 57.6 Å². The van der Waals surface area contributed by atoms with E-state index in [0.717, 1.165) is 17.5 Å². The molecule has 114 valence electrons. The maximum atomic E-state index is 12.7. The predicted molar refractivity (Wildman–Crippen MR) is 80.7 cm³/mol. The summed E-state index contributed by atoms with van der Waals surface area (Å²) in [5, 5.41) is 9.47. The van der Waals surface area contributed by atoms with Gasteiger partial charge in [-0.25, -0.2) is 4.79 Å². The molecule has 0 saturated heterocycles. The molecule has 0 aliphatic carbocycles. The van der Waals surface area contributed by atoms with Gasteiger partial charge in [-0.3, -0.25) is 4.79 Å². The van der Waals surface area contributed by atoms with Gasteiger partial charge in [0.05, 0.1) is 0 Å². The summed E-state index contributed by atoms with van der Waals surface area (Å²) >= 11 is 0. The number of hydrogen-bond donors (Lipinski definition) is 1. The number of nitrogens with zero attached hydrogens (tertiary/aromatic N) is 1. The fourth-order valence-electron chi connectivity index (χ4n) is 2.83. The first kappa shape index (κ1) is 15.5. The Morgan fingerprint density at radius 3 is 2.48 bits per heavy atom. The summed E-state index contributed by atoms with van der Waals surface area (Å²) in [7, 11) is 0. The summed E-state index contributed by atoms with van der Waals surface area (Å²) in [5.41, 5.74) is 2.09. The number of carbonyl (C=O) groups is 2. The van der Waals surface area contributed by atoms with Crippen LogP contribution in [0.1, 0.15) is 38.3 Å². The Morgan fingerprint density at radius 1 is 1.29 bits per heavy atom. The summed E-state index contributed by atoms with van der Waals surface area (Å²) in [6.45, 7) is 6.38. The fourth-order valence-corrected chi connectivity index (χ4v) is 2.83. The summed E-state index contributed by atoms with van der Waals surface area (Å²) in [4.78, 5) is 25.8. The molecule has 3 unspecified atom stereocenters. The van der Waals surface area contributed by atoms with E-state index < -0.39 is 12.0 Å². The van der Waals surface area contributed by atoms with Crippen molar-refractivity contribution in [3.05, 3.63) is 35.4 Å². The highest BCUT2D eigenvalue weighted by Crippen LogP contribution is 2.27. The zero-order chi connectivity index (χ0) is 15.6. The van der Waals surface area contributed by atoms with Crippen LogP contribution in [-0.2, 0) is 22.6 Å². The van der Waals surface area contributed by atoms with Crippen molar-refractivity contribution in [2.75, 3.05) is 0 Å². The minimum absolute atomic E-state index is 0.0498. The van der Waals surface area contributed by atoms with Gasteiger partial charge in [-0.1, -0.05) is 51.5 Å². The van der Waals surface area contributed by atoms with Crippen LogP contribution in [-0.4, -0.2) is 27.9 Å². The first-order chi connectivity index (χ1) is 9.95. The largest absolute Gasteiger partial charge is 0.480 e. The number of aliphatic carboxylic acids is 1. The Bertz CT molecular complexity index is 541. The number of carboxylic acids is 1. The molecule has 4 nitrogen and oxygen atoms in total. The molecule has 1 N–H and O–H groups in total. The summed E-state index contributed by atoms with van der Waals surface area (Å²) in [6.07, 6.45) is 1.31. The van der Waals surface area contributed by atoms with Gasteiger partial charge >= 0.3 is 5.97 Å². The number of rotatable bonds is 4. The van der Waals surface area contributed by atoms with Crippen LogP contribution in [0, 0.1) is 11.8 Å². The zero-order valence-corrected chi connectivity index (χ0v) is 12.9. The van der Waals surface area contributed by atoms with Crippen molar-refractivity contribution in [3.8, 4) is 0 Å². The number of hydrogen-bond acceptors (Lipinski definition) is 2. The van der Waals surface area contributed by atoms with Gasteiger partial charge in [0, 0.05) is 18.9 Å². The van der Waals surface area contributed by atoms with Gasteiger partial charge in [0.2, 0.25) is 5.91 Å². The number of fused-ring (bicyclic) bond motifs is 1. The second-order valence-electron chi connectivity index (χ2n) is 5.97. The van der Waals surface area contributed by atoms with Crippen LogP contribution in [0.5, 0.6) is 0 Å². The predicted octanol–water partition coefficient (Wildman–Crippen LogP) is 2.71. The van der Waals surface area contributed by atoms with E-state index in [4.69, 9.17) is 0 Å². The van der Waals surface area contributed by atoms with Crippen LogP contribution < -0.4 is 0 Å². The molecule has 0 spiro atoms. The monoisotopic (exact) mass is 289 g/mol. The van der Waals surface area contributed by atoms with Crippen molar-refractivity contribution in [2.24, 2.45) is 11.8 Å². The van der Waals surface area contributed by atoms with Crippen molar-refractivity contribution in [1.82, 2.24) is 4.90 Å². The molecule has 0 fully saturated rings. The van der Waals surface area contributed by atoms with Gasteiger partial charge in [-0.15, -0.1) is 0 Å². The number of benzene rings is 1. The SMILES string of the molecule is CCC(C)C(C)C(=O)N1Cc2ccccc2CC1C(=O)O. The van der Waals surface area contributed by atoms with E-state index in [-0.39, 0.29) is 17.7 Å². The molecule has 1 aliphatic rings. The lowest BCUT2D eigenvalue weighted by molar-refractivity contribution is -0.153. The lowest BCUT2D eigenvalue weighted by Gasteiger charge is -2.37. The van der Waals surface area contributed by atoms with Gasteiger partial charge < -0.3 is 10.0 Å². The summed E-state index contributed by atoms with van der Waals surface area (Å²) in [5.74, 6) is -0.869. The van der Waals surface area contributed by atoms with Crippen molar-refractivity contribution >= 4 is 11.9 Å². The lowest BCUT2D eigenvalue weighted by Crippen LogP contribution is -2.51. The molecule has 4 heteroatoms. The van der Waals surface area contributed by atoms with Crippen molar-refractivity contribution in [1.29, 1.82) is 0 Å². The van der Waals surface area contributed by atoms with E-state index >= 15 is 0 Å². The Morgan fingerprint density at radius 2 is 1.90 bits per heavy atom. The maximum Gasteiger partial charge on any atom is 0.326 e. The number of carbonyl (C=O) groups excluding carboxylic acids is 1. The van der Waals surface area contributed by atoms with Crippen LogP contribution in [0.25, 0.3) is 0 Å². The molecule has 0 radical (unpaired) electrons. The van der Waals surface area contributed by atoms with E-state index in [1.165, 1.54) is 0 Å². The molecule has 1 aliphatic heterocycles. The molecule has 1 aromatic rings. The fraction of sp³-hybridized carbons (Fsp3) is 0.529. The minimum Gasteiger partial charge on any atom is -0.480 e. The lowest BCUT2D eigenvalue weighted by atomic mass is 9.88. The molecule has 1 amide bonds. The number of amides is 1. The van der Waals surface area contributed by atoms with Crippen LogP contribution in [0.15, 0.2) is 24.3 Å². The van der Waals surface area contributed by atoms with Crippen LogP contribution in [0.2, 0.25) is 0 Å². The van der Waals surface area contributed by atoms with E-state index in [1.54, 1.807) is 4.90 Å². The normalized spacial score (nSPS) is 20.5. The highest BCUT2D eigenvalue weighted by molar-refractivity contribution is 5.85. The standard InChI is InChI=1S/C17H23NO3/c1-4-11(2)12(3)16(19)18-10-14-8-6-5-7-13(14)9-15(18)17(20)21/h5-8,11-12,15H,4,9-10H2,1-3H3,(H,20,21). The third-order valence-electron chi connectivity index (χ3n) is 4.70. The van der Waals surface area contributed by atoms with E-state index in [0.29, 0.717) is 13.0 Å². The molecule has 2 rings (SSSR count). The Kier molecular flexibility index (Phi) is 4.66.